The van der Waals surface area contributed by atoms with Crippen LogP contribution in [0, 0.1) is 11.3 Å². The zero-order valence-corrected chi connectivity index (χ0v) is 16.5. The predicted octanol–water partition coefficient (Wildman–Crippen LogP) is 3.49. The second kappa shape index (κ2) is 8.67. The van der Waals surface area contributed by atoms with Gasteiger partial charge in [-0.2, -0.15) is 5.26 Å². The maximum absolute atomic E-state index is 12.4. The fourth-order valence-electron chi connectivity index (χ4n) is 3.83. The van der Waals surface area contributed by atoms with Gasteiger partial charge in [-0.25, -0.2) is 14.6 Å². The van der Waals surface area contributed by atoms with Crippen molar-refractivity contribution in [2.75, 3.05) is 6.61 Å². The highest BCUT2D eigenvalue weighted by Gasteiger charge is 2.29. The molecule has 1 aromatic heterocycles. The van der Waals surface area contributed by atoms with Crippen molar-refractivity contribution in [3.05, 3.63) is 89.2 Å². The van der Waals surface area contributed by atoms with Gasteiger partial charge in [0.25, 0.3) is 0 Å². The second-order valence-electron chi connectivity index (χ2n) is 7.23. The van der Waals surface area contributed by atoms with Gasteiger partial charge >= 0.3 is 12.1 Å². The van der Waals surface area contributed by atoms with E-state index in [0.717, 1.165) is 22.3 Å². The van der Waals surface area contributed by atoms with Gasteiger partial charge in [0, 0.05) is 18.5 Å². The molecule has 3 aromatic rings. The van der Waals surface area contributed by atoms with Crippen LogP contribution in [0.1, 0.15) is 28.3 Å². The first kappa shape index (κ1) is 20.1. The van der Waals surface area contributed by atoms with Gasteiger partial charge in [0.05, 0.1) is 0 Å². The first-order valence-electron chi connectivity index (χ1n) is 9.76. The van der Waals surface area contributed by atoms with Crippen LogP contribution in [0.4, 0.5) is 4.79 Å². The number of pyridine rings is 1. The second-order valence-corrected chi connectivity index (χ2v) is 7.23. The number of aromatic nitrogens is 1. The van der Waals surface area contributed by atoms with E-state index in [2.05, 4.69) is 10.3 Å². The molecule has 1 aliphatic rings. The van der Waals surface area contributed by atoms with Crippen LogP contribution in [-0.2, 0) is 16.0 Å². The number of rotatable bonds is 6. The average molecular weight is 413 g/mol. The Bertz CT molecular complexity index is 1120. The number of nitriles is 1. The van der Waals surface area contributed by atoms with Crippen molar-refractivity contribution in [3.8, 4) is 17.2 Å². The number of aliphatic carboxylic acids is 1. The smallest absolute Gasteiger partial charge is 0.407 e. The minimum atomic E-state index is -1.18. The maximum Gasteiger partial charge on any atom is 0.407 e. The van der Waals surface area contributed by atoms with E-state index < -0.39 is 18.1 Å². The summed E-state index contributed by atoms with van der Waals surface area (Å²) in [6.45, 7) is 0.102. The Balaban J connectivity index is 1.42. The molecule has 1 aliphatic carbocycles. The zero-order valence-electron chi connectivity index (χ0n) is 16.5. The minimum Gasteiger partial charge on any atom is -0.480 e. The van der Waals surface area contributed by atoms with Crippen LogP contribution in [0.2, 0.25) is 0 Å². The molecule has 7 heteroatoms. The summed E-state index contributed by atoms with van der Waals surface area (Å²) in [4.78, 5) is 27.9. The summed E-state index contributed by atoms with van der Waals surface area (Å²) < 4.78 is 5.42. The first-order valence-corrected chi connectivity index (χ1v) is 9.76. The number of ether oxygens (including phenoxy) is 1. The van der Waals surface area contributed by atoms with Crippen LogP contribution in [0.15, 0.2) is 66.9 Å². The topological polar surface area (TPSA) is 112 Å². The fraction of sp³-hybridized carbons (Fsp3) is 0.167. The van der Waals surface area contributed by atoms with E-state index in [4.69, 9.17) is 10.00 Å². The number of hydrogen-bond acceptors (Lipinski definition) is 5. The highest BCUT2D eigenvalue weighted by molar-refractivity contribution is 5.81. The summed E-state index contributed by atoms with van der Waals surface area (Å²) in [5.74, 6) is -1.29. The van der Waals surface area contributed by atoms with E-state index in [1.807, 2.05) is 54.6 Å². The van der Waals surface area contributed by atoms with Gasteiger partial charge in [0.1, 0.15) is 24.4 Å². The van der Waals surface area contributed by atoms with E-state index >= 15 is 0 Å². The minimum absolute atomic E-state index is 0.0260. The van der Waals surface area contributed by atoms with Crippen LogP contribution >= 0.6 is 0 Å². The SMILES string of the molecule is N#Cc1ccc(CC(NC(=O)OCC2c3ccccc3-c3ccccc32)C(=O)O)cn1. The van der Waals surface area contributed by atoms with E-state index in [-0.39, 0.29) is 24.6 Å². The number of alkyl carbamates (subject to hydrolysis) is 1. The van der Waals surface area contributed by atoms with E-state index in [9.17, 15) is 14.7 Å². The average Bonchev–Trinajstić information content (AvgIpc) is 3.11. The molecule has 0 saturated carbocycles. The lowest BCUT2D eigenvalue weighted by atomic mass is 9.98. The highest BCUT2D eigenvalue weighted by Crippen LogP contribution is 2.44. The maximum atomic E-state index is 12.4. The van der Waals surface area contributed by atoms with Crippen molar-refractivity contribution in [1.29, 1.82) is 5.26 Å². The molecule has 0 spiro atoms. The number of benzene rings is 2. The molecule has 0 radical (unpaired) electrons. The van der Waals surface area contributed by atoms with Crippen LogP contribution < -0.4 is 5.32 Å². The number of carbonyl (C=O) groups excluding carboxylic acids is 1. The number of nitrogens with one attached hydrogen (secondary N) is 1. The lowest BCUT2D eigenvalue weighted by molar-refractivity contribution is -0.139. The number of hydrogen-bond donors (Lipinski definition) is 2. The Morgan fingerprint density at radius 3 is 2.26 bits per heavy atom. The third kappa shape index (κ3) is 4.23. The molecular formula is C24H19N3O4. The Labute approximate surface area is 178 Å². The predicted molar refractivity (Wildman–Crippen MR) is 112 cm³/mol. The number of carboxylic acid groups (broad SMARTS) is 1. The number of fused-ring (bicyclic) bond motifs is 3. The summed E-state index contributed by atoms with van der Waals surface area (Å²) in [5, 5.41) is 20.7. The van der Waals surface area contributed by atoms with Crippen molar-refractivity contribution in [1.82, 2.24) is 10.3 Å². The molecule has 0 bridgehead atoms. The monoisotopic (exact) mass is 413 g/mol. The summed E-state index contributed by atoms with van der Waals surface area (Å²) in [7, 11) is 0. The van der Waals surface area contributed by atoms with E-state index in [1.165, 1.54) is 12.3 Å². The van der Waals surface area contributed by atoms with Gasteiger partial charge < -0.3 is 15.2 Å². The lowest BCUT2D eigenvalue weighted by Crippen LogP contribution is -2.42. The van der Waals surface area contributed by atoms with Crippen LogP contribution in [0.3, 0.4) is 0 Å². The molecule has 1 amide bonds. The molecule has 31 heavy (non-hydrogen) atoms. The molecule has 4 rings (SSSR count). The molecule has 2 aromatic carbocycles. The van der Waals surface area contributed by atoms with Crippen LogP contribution in [0.25, 0.3) is 11.1 Å². The first-order chi connectivity index (χ1) is 15.1. The Hall–Kier alpha value is -4.18. The summed E-state index contributed by atoms with van der Waals surface area (Å²) in [6.07, 6.45) is 0.655. The van der Waals surface area contributed by atoms with Crippen molar-refractivity contribution in [2.24, 2.45) is 0 Å². The van der Waals surface area contributed by atoms with E-state index in [1.54, 1.807) is 6.07 Å². The van der Waals surface area contributed by atoms with Gasteiger partial charge in [0.2, 0.25) is 0 Å². The highest BCUT2D eigenvalue weighted by atomic mass is 16.5. The van der Waals surface area contributed by atoms with E-state index in [0.29, 0.717) is 5.56 Å². The van der Waals surface area contributed by atoms with Crippen molar-refractivity contribution in [3.63, 3.8) is 0 Å². The molecule has 2 N–H and O–H groups in total. The molecule has 0 saturated heterocycles. The van der Waals surface area contributed by atoms with Crippen LogP contribution in [0.5, 0.6) is 0 Å². The molecule has 1 heterocycles. The summed E-state index contributed by atoms with van der Waals surface area (Å²) in [6, 6.07) is 19.8. The van der Waals surface area contributed by atoms with Crippen molar-refractivity contribution < 1.29 is 19.4 Å². The largest absolute Gasteiger partial charge is 0.480 e. The fourth-order valence-corrected chi connectivity index (χ4v) is 3.83. The molecule has 154 valence electrons. The third-order valence-electron chi connectivity index (χ3n) is 5.31. The molecule has 1 atom stereocenters. The number of carbonyl (C=O) groups is 2. The number of nitrogens with zero attached hydrogens (tertiary/aromatic N) is 2. The Morgan fingerprint density at radius 1 is 1.06 bits per heavy atom. The zero-order chi connectivity index (χ0) is 21.8. The standard InChI is InChI=1S/C24H19N3O4/c25-12-16-10-9-15(13-26-16)11-22(23(28)29)27-24(30)31-14-21-19-7-3-1-5-17(19)18-6-2-4-8-20(18)21/h1-10,13,21-22H,11,14H2,(H,27,30)(H,28,29). The molecule has 7 nitrogen and oxygen atoms in total. The molecule has 0 fully saturated rings. The Morgan fingerprint density at radius 2 is 1.71 bits per heavy atom. The molecule has 0 aliphatic heterocycles. The lowest BCUT2D eigenvalue weighted by Gasteiger charge is -2.17. The number of amides is 1. The van der Waals surface area contributed by atoms with Crippen molar-refractivity contribution >= 4 is 12.1 Å². The van der Waals surface area contributed by atoms with Gasteiger partial charge in [-0.1, -0.05) is 54.6 Å². The summed E-state index contributed by atoms with van der Waals surface area (Å²) >= 11 is 0. The van der Waals surface area contributed by atoms with Gasteiger partial charge in [-0.05, 0) is 33.9 Å². The van der Waals surface area contributed by atoms with Gasteiger partial charge in [0.15, 0.2) is 0 Å². The van der Waals surface area contributed by atoms with Crippen molar-refractivity contribution in [2.45, 2.75) is 18.4 Å². The quantitative estimate of drug-likeness (QED) is 0.640. The molecule has 1 unspecified atom stereocenters. The third-order valence-corrected chi connectivity index (χ3v) is 5.31. The summed E-state index contributed by atoms with van der Waals surface area (Å²) in [5.41, 5.74) is 5.21. The molecular weight excluding hydrogens is 394 g/mol. The van der Waals surface area contributed by atoms with Gasteiger partial charge in [-0.3, -0.25) is 0 Å². The van der Waals surface area contributed by atoms with Crippen LogP contribution in [-0.4, -0.2) is 34.8 Å². The Kier molecular flexibility index (Phi) is 5.63. The van der Waals surface area contributed by atoms with Gasteiger partial charge in [-0.15, -0.1) is 0 Å². The normalized spacial score (nSPS) is 12.9. The number of carboxylic acids is 1.